The second-order valence-electron chi connectivity index (χ2n) is 7.29. The number of hydrazine groups is 1. The zero-order chi connectivity index (χ0) is 17.6. The molecule has 3 heterocycles. The molecule has 0 bridgehead atoms. The molecule has 0 spiro atoms. The molecule has 1 N–H and O–H groups in total. The molecule has 0 aromatic carbocycles. The molecular formula is C19H29N5. The molecule has 0 saturated carbocycles. The van der Waals surface area contributed by atoms with E-state index < -0.39 is 0 Å². The van der Waals surface area contributed by atoms with E-state index >= 15 is 0 Å². The first-order valence-electron chi connectivity index (χ1n) is 8.88. The summed E-state index contributed by atoms with van der Waals surface area (Å²) in [6.07, 6.45) is 6.12. The zero-order valence-electron chi connectivity index (χ0n) is 15.9. The van der Waals surface area contributed by atoms with Gasteiger partial charge >= 0.3 is 0 Å². The fraction of sp³-hybridized carbons (Fsp3) is 0.579. The Morgan fingerprint density at radius 3 is 2.42 bits per heavy atom. The Morgan fingerprint density at radius 1 is 1.21 bits per heavy atom. The zero-order valence-corrected chi connectivity index (χ0v) is 15.9. The van der Waals surface area contributed by atoms with Crippen LogP contribution in [0.15, 0.2) is 34.5 Å². The number of hydrogen-bond donors (Lipinski definition) is 1. The number of H-pyrrole nitrogens is 1. The van der Waals surface area contributed by atoms with Crippen LogP contribution < -0.4 is 0 Å². The number of fused-ring (bicyclic) bond motifs is 1. The first kappa shape index (κ1) is 16.8. The van der Waals surface area contributed by atoms with Crippen molar-refractivity contribution in [2.45, 2.75) is 59.9 Å². The number of aromatic amines is 1. The molecule has 3 rings (SSSR count). The van der Waals surface area contributed by atoms with Crippen LogP contribution in [0.5, 0.6) is 0 Å². The molecule has 24 heavy (non-hydrogen) atoms. The van der Waals surface area contributed by atoms with Gasteiger partial charge in [-0.15, -0.1) is 0 Å². The van der Waals surface area contributed by atoms with Crippen molar-refractivity contribution in [3.05, 3.63) is 35.0 Å². The molecule has 0 amide bonds. The van der Waals surface area contributed by atoms with Crippen molar-refractivity contribution in [3.8, 4) is 0 Å². The Balaban J connectivity index is 2.30. The summed E-state index contributed by atoms with van der Waals surface area (Å²) in [6.45, 7) is 13.4. The standard InChI is InChI=1S/C19H29N5/c1-8-14(9-2)17-16(15-10-20-21-11-15)12(3)23(7)24-18(17)22-13(4)19(24,5)6/h10-11,14H,8-9H2,1-7H3,(H,20,21). The first-order chi connectivity index (χ1) is 11.3. The SMILES string of the molecule is CCC(CC)C1=C2N=C(C)C(C)(C)N2N(C)C(C)=C1c1cn[nH]c1. The number of allylic oxidation sites excluding steroid dienone is 3. The Hall–Kier alpha value is -2.04. The number of hydrogen-bond acceptors (Lipinski definition) is 4. The molecular weight excluding hydrogens is 298 g/mol. The summed E-state index contributed by atoms with van der Waals surface area (Å²) in [5, 5.41) is 11.8. The van der Waals surface area contributed by atoms with Crippen LogP contribution in [-0.2, 0) is 0 Å². The largest absolute Gasteiger partial charge is 0.290 e. The van der Waals surface area contributed by atoms with E-state index in [9.17, 15) is 0 Å². The van der Waals surface area contributed by atoms with Crippen molar-refractivity contribution >= 4 is 11.3 Å². The van der Waals surface area contributed by atoms with Crippen molar-refractivity contribution < 1.29 is 0 Å². The van der Waals surface area contributed by atoms with Crippen LogP contribution in [0, 0.1) is 5.92 Å². The van der Waals surface area contributed by atoms with Crippen LogP contribution in [0.3, 0.4) is 0 Å². The number of nitrogens with one attached hydrogen (secondary N) is 1. The normalized spacial score (nSPS) is 20.2. The van der Waals surface area contributed by atoms with Gasteiger partial charge in [0, 0.05) is 41.4 Å². The van der Waals surface area contributed by atoms with Crippen molar-refractivity contribution in [2.75, 3.05) is 7.05 Å². The molecule has 1 aromatic rings. The highest BCUT2D eigenvalue weighted by molar-refractivity contribution is 5.95. The second-order valence-corrected chi connectivity index (χ2v) is 7.29. The molecule has 0 saturated heterocycles. The lowest BCUT2D eigenvalue weighted by Crippen LogP contribution is -2.53. The van der Waals surface area contributed by atoms with Crippen LogP contribution >= 0.6 is 0 Å². The van der Waals surface area contributed by atoms with Gasteiger partial charge in [-0.25, -0.2) is 4.99 Å². The predicted molar refractivity (Wildman–Crippen MR) is 99.1 cm³/mol. The maximum atomic E-state index is 5.02. The lowest BCUT2D eigenvalue weighted by Gasteiger charge is -2.47. The van der Waals surface area contributed by atoms with E-state index in [0.717, 1.165) is 29.9 Å². The van der Waals surface area contributed by atoms with E-state index in [1.54, 1.807) is 0 Å². The highest BCUT2D eigenvalue weighted by Gasteiger charge is 2.45. The van der Waals surface area contributed by atoms with Gasteiger partial charge in [-0.05, 0) is 46.5 Å². The predicted octanol–water partition coefficient (Wildman–Crippen LogP) is 4.20. The maximum absolute atomic E-state index is 5.02. The lowest BCUT2D eigenvalue weighted by atomic mass is 9.83. The van der Waals surface area contributed by atoms with Crippen LogP contribution in [0.1, 0.15) is 59.9 Å². The van der Waals surface area contributed by atoms with Gasteiger partial charge in [0.25, 0.3) is 0 Å². The Labute approximate surface area is 145 Å². The molecule has 0 atom stereocenters. The third-order valence-electron chi connectivity index (χ3n) is 5.73. The van der Waals surface area contributed by atoms with Crippen LogP contribution in [0.25, 0.3) is 5.57 Å². The van der Waals surface area contributed by atoms with E-state index in [2.05, 4.69) is 68.8 Å². The molecule has 0 fully saturated rings. The van der Waals surface area contributed by atoms with Crippen LogP contribution in [0.2, 0.25) is 0 Å². The molecule has 0 aliphatic carbocycles. The molecule has 2 aliphatic rings. The topological polar surface area (TPSA) is 47.5 Å². The van der Waals surface area contributed by atoms with Crippen molar-refractivity contribution in [2.24, 2.45) is 10.9 Å². The molecule has 0 radical (unpaired) electrons. The van der Waals surface area contributed by atoms with Gasteiger partial charge in [-0.1, -0.05) is 13.8 Å². The third-order valence-corrected chi connectivity index (χ3v) is 5.73. The van der Waals surface area contributed by atoms with Crippen molar-refractivity contribution in [1.29, 1.82) is 0 Å². The van der Waals surface area contributed by atoms with Crippen LogP contribution in [-0.4, -0.2) is 38.5 Å². The van der Waals surface area contributed by atoms with Gasteiger partial charge < -0.3 is 0 Å². The summed E-state index contributed by atoms with van der Waals surface area (Å²) in [6, 6.07) is 0. The molecule has 130 valence electrons. The Morgan fingerprint density at radius 2 is 1.88 bits per heavy atom. The van der Waals surface area contributed by atoms with E-state index in [-0.39, 0.29) is 5.54 Å². The minimum absolute atomic E-state index is 0.107. The summed E-state index contributed by atoms with van der Waals surface area (Å²) in [7, 11) is 2.13. The van der Waals surface area contributed by atoms with E-state index in [1.807, 2.05) is 12.4 Å². The van der Waals surface area contributed by atoms with Crippen molar-refractivity contribution in [1.82, 2.24) is 20.2 Å². The van der Waals surface area contributed by atoms with E-state index in [4.69, 9.17) is 4.99 Å². The van der Waals surface area contributed by atoms with E-state index in [0.29, 0.717) is 5.92 Å². The fourth-order valence-corrected chi connectivity index (χ4v) is 3.91. The second kappa shape index (κ2) is 5.80. The van der Waals surface area contributed by atoms with E-state index in [1.165, 1.54) is 16.8 Å². The summed E-state index contributed by atoms with van der Waals surface area (Å²) in [4.78, 5) is 5.02. The third kappa shape index (κ3) is 2.21. The molecule has 1 aromatic heterocycles. The van der Waals surface area contributed by atoms with Gasteiger partial charge in [0.15, 0.2) is 5.82 Å². The molecule has 5 heteroatoms. The molecule has 0 unspecified atom stereocenters. The minimum atomic E-state index is -0.107. The van der Waals surface area contributed by atoms with Gasteiger partial charge in [-0.2, -0.15) is 5.10 Å². The Bertz CT molecular complexity index is 717. The summed E-state index contributed by atoms with van der Waals surface area (Å²) < 4.78 is 0. The molecule has 2 aliphatic heterocycles. The van der Waals surface area contributed by atoms with Crippen molar-refractivity contribution in [3.63, 3.8) is 0 Å². The number of aromatic nitrogens is 2. The molecule has 5 nitrogen and oxygen atoms in total. The van der Waals surface area contributed by atoms with Gasteiger partial charge in [-0.3, -0.25) is 15.1 Å². The lowest BCUT2D eigenvalue weighted by molar-refractivity contribution is 0.0185. The summed E-state index contributed by atoms with van der Waals surface area (Å²) in [5.74, 6) is 1.59. The number of rotatable bonds is 4. The average molecular weight is 327 g/mol. The summed E-state index contributed by atoms with van der Waals surface area (Å²) in [5.41, 5.74) is 6.09. The average Bonchev–Trinajstić information content (AvgIpc) is 3.13. The first-order valence-corrected chi connectivity index (χ1v) is 8.88. The number of aliphatic imine (C=N–C) groups is 1. The smallest absolute Gasteiger partial charge is 0.152 e. The maximum Gasteiger partial charge on any atom is 0.152 e. The van der Waals surface area contributed by atoms with Gasteiger partial charge in [0.05, 0.1) is 11.7 Å². The van der Waals surface area contributed by atoms with Crippen LogP contribution in [0.4, 0.5) is 0 Å². The summed E-state index contributed by atoms with van der Waals surface area (Å²) >= 11 is 0. The highest BCUT2D eigenvalue weighted by atomic mass is 15.7. The number of nitrogens with zero attached hydrogens (tertiary/aromatic N) is 4. The minimum Gasteiger partial charge on any atom is -0.290 e. The quantitative estimate of drug-likeness (QED) is 0.901. The Kier molecular flexibility index (Phi) is 4.06. The fourth-order valence-electron chi connectivity index (χ4n) is 3.91. The van der Waals surface area contributed by atoms with Gasteiger partial charge in [0.2, 0.25) is 0 Å². The highest BCUT2D eigenvalue weighted by Crippen LogP contribution is 2.47. The monoisotopic (exact) mass is 327 g/mol. The van der Waals surface area contributed by atoms with Gasteiger partial charge in [0.1, 0.15) is 0 Å².